The lowest BCUT2D eigenvalue weighted by molar-refractivity contribution is -0.130. The van der Waals surface area contributed by atoms with E-state index in [1.54, 1.807) is 35.2 Å². The Balaban J connectivity index is 1.77. The highest BCUT2D eigenvalue weighted by molar-refractivity contribution is 5.77. The van der Waals surface area contributed by atoms with E-state index in [4.69, 9.17) is 9.47 Å². The van der Waals surface area contributed by atoms with Gasteiger partial charge in [-0.2, -0.15) is 0 Å². The molecule has 0 aromatic heterocycles. The number of benzene rings is 2. The Kier molecular flexibility index (Phi) is 7.61. The van der Waals surface area contributed by atoms with Crippen molar-refractivity contribution in [3.05, 3.63) is 59.9 Å². The number of halogens is 1. The van der Waals surface area contributed by atoms with Crippen molar-refractivity contribution in [3.63, 3.8) is 0 Å². The van der Waals surface area contributed by atoms with Crippen LogP contribution in [0, 0.1) is 5.82 Å². The Morgan fingerprint density at radius 1 is 1.07 bits per heavy atom. The number of nitrogens with one attached hydrogen (secondary N) is 1. The number of carbonyl (C=O) groups is 2. The summed E-state index contributed by atoms with van der Waals surface area (Å²) in [6, 6.07) is 13.0. The number of para-hydroxylation sites is 2. The Hall–Kier alpha value is -3.09. The molecule has 27 heavy (non-hydrogen) atoms. The van der Waals surface area contributed by atoms with Crippen molar-refractivity contribution < 1.29 is 23.5 Å². The minimum atomic E-state index is -0.324. The van der Waals surface area contributed by atoms with Crippen molar-refractivity contribution in [3.8, 4) is 11.5 Å². The lowest BCUT2D eigenvalue weighted by Crippen LogP contribution is -2.38. The SMILES string of the molecule is COc1ccccc1OCC(=O)NCCN(Cc1ccc(F)cc1)C(C)=O. The molecule has 0 fully saturated rings. The van der Waals surface area contributed by atoms with E-state index in [1.165, 1.54) is 26.2 Å². The van der Waals surface area contributed by atoms with E-state index < -0.39 is 0 Å². The summed E-state index contributed by atoms with van der Waals surface area (Å²) in [5, 5.41) is 2.71. The molecule has 2 amide bonds. The molecule has 0 spiro atoms. The number of ether oxygens (including phenoxy) is 2. The second-order valence-electron chi connectivity index (χ2n) is 5.86. The molecule has 7 heteroatoms. The first kappa shape index (κ1) is 20.2. The molecule has 0 aliphatic heterocycles. The molecule has 0 aliphatic rings. The second kappa shape index (κ2) is 10.2. The van der Waals surface area contributed by atoms with Crippen molar-refractivity contribution in [2.45, 2.75) is 13.5 Å². The van der Waals surface area contributed by atoms with Gasteiger partial charge in [-0.05, 0) is 29.8 Å². The zero-order valence-corrected chi connectivity index (χ0v) is 15.4. The molecule has 0 saturated carbocycles. The van der Waals surface area contributed by atoms with Crippen molar-refractivity contribution in [1.82, 2.24) is 10.2 Å². The topological polar surface area (TPSA) is 67.9 Å². The van der Waals surface area contributed by atoms with Gasteiger partial charge in [-0.25, -0.2) is 4.39 Å². The van der Waals surface area contributed by atoms with Gasteiger partial charge in [0.05, 0.1) is 7.11 Å². The maximum absolute atomic E-state index is 13.0. The molecule has 0 saturated heterocycles. The zero-order valence-electron chi connectivity index (χ0n) is 15.4. The number of carbonyl (C=O) groups excluding carboxylic acids is 2. The van der Waals surface area contributed by atoms with Crippen LogP contribution in [0.25, 0.3) is 0 Å². The van der Waals surface area contributed by atoms with Crippen LogP contribution in [0.15, 0.2) is 48.5 Å². The van der Waals surface area contributed by atoms with Gasteiger partial charge in [0.15, 0.2) is 18.1 Å². The summed E-state index contributed by atoms with van der Waals surface area (Å²) in [4.78, 5) is 25.3. The molecule has 2 aromatic carbocycles. The van der Waals surface area contributed by atoms with Gasteiger partial charge >= 0.3 is 0 Å². The van der Waals surface area contributed by atoms with E-state index in [9.17, 15) is 14.0 Å². The van der Waals surface area contributed by atoms with Crippen LogP contribution >= 0.6 is 0 Å². The standard InChI is InChI=1S/C20H23FN2O4/c1-15(24)23(13-16-7-9-17(21)10-8-16)12-11-22-20(25)14-27-19-6-4-3-5-18(19)26-2/h3-10H,11-14H2,1-2H3,(H,22,25). The van der Waals surface area contributed by atoms with Crippen LogP contribution in [-0.2, 0) is 16.1 Å². The highest BCUT2D eigenvalue weighted by atomic mass is 19.1. The summed E-state index contributed by atoms with van der Waals surface area (Å²) in [5.41, 5.74) is 0.817. The van der Waals surface area contributed by atoms with Gasteiger partial charge in [0, 0.05) is 26.6 Å². The fourth-order valence-corrected chi connectivity index (χ4v) is 2.42. The first-order valence-electron chi connectivity index (χ1n) is 8.52. The first-order valence-corrected chi connectivity index (χ1v) is 8.52. The summed E-state index contributed by atoms with van der Waals surface area (Å²) >= 11 is 0. The number of methoxy groups -OCH3 is 1. The average molecular weight is 374 g/mol. The van der Waals surface area contributed by atoms with Gasteiger partial charge < -0.3 is 19.7 Å². The van der Waals surface area contributed by atoms with Gasteiger partial charge in [-0.15, -0.1) is 0 Å². The van der Waals surface area contributed by atoms with Crippen LogP contribution in [-0.4, -0.2) is 43.5 Å². The molecular formula is C20H23FN2O4. The molecule has 0 bridgehead atoms. The molecule has 2 rings (SSSR count). The summed E-state index contributed by atoms with van der Waals surface area (Å²) in [6.07, 6.45) is 0. The molecule has 0 atom stereocenters. The third-order valence-corrected chi connectivity index (χ3v) is 3.86. The van der Waals surface area contributed by atoms with E-state index >= 15 is 0 Å². The maximum Gasteiger partial charge on any atom is 0.258 e. The molecule has 144 valence electrons. The fourth-order valence-electron chi connectivity index (χ4n) is 2.42. The van der Waals surface area contributed by atoms with Crippen LogP contribution < -0.4 is 14.8 Å². The first-order chi connectivity index (χ1) is 13.0. The maximum atomic E-state index is 13.0. The lowest BCUT2D eigenvalue weighted by Gasteiger charge is -2.21. The zero-order chi connectivity index (χ0) is 19.6. The minimum absolute atomic E-state index is 0.126. The lowest BCUT2D eigenvalue weighted by atomic mass is 10.2. The molecule has 6 nitrogen and oxygen atoms in total. The van der Waals surface area contributed by atoms with Crippen LogP contribution in [0.1, 0.15) is 12.5 Å². The fraction of sp³-hybridized carbons (Fsp3) is 0.300. The number of hydrogen-bond donors (Lipinski definition) is 1. The third kappa shape index (κ3) is 6.62. The van der Waals surface area contributed by atoms with Crippen LogP contribution in [0.5, 0.6) is 11.5 Å². The Morgan fingerprint density at radius 2 is 1.74 bits per heavy atom. The monoisotopic (exact) mass is 374 g/mol. The van der Waals surface area contributed by atoms with E-state index in [0.29, 0.717) is 24.6 Å². The predicted molar refractivity (Wildman–Crippen MR) is 99.0 cm³/mol. The van der Waals surface area contributed by atoms with E-state index in [-0.39, 0.29) is 30.8 Å². The number of hydrogen-bond acceptors (Lipinski definition) is 4. The molecular weight excluding hydrogens is 351 g/mol. The quantitative estimate of drug-likeness (QED) is 0.732. The molecule has 0 aliphatic carbocycles. The van der Waals surface area contributed by atoms with E-state index in [0.717, 1.165) is 5.56 Å². The summed E-state index contributed by atoms with van der Waals surface area (Å²) in [7, 11) is 1.53. The van der Waals surface area contributed by atoms with Crippen molar-refractivity contribution in [2.75, 3.05) is 26.8 Å². The highest BCUT2D eigenvalue weighted by Crippen LogP contribution is 2.25. The highest BCUT2D eigenvalue weighted by Gasteiger charge is 2.11. The van der Waals surface area contributed by atoms with Gasteiger partial charge in [0.1, 0.15) is 5.82 Å². The average Bonchev–Trinajstić information content (AvgIpc) is 2.67. The Labute approximate surface area is 157 Å². The second-order valence-corrected chi connectivity index (χ2v) is 5.86. The smallest absolute Gasteiger partial charge is 0.258 e. The van der Waals surface area contributed by atoms with E-state index in [1.807, 2.05) is 6.07 Å². The number of rotatable bonds is 9. The number of nitrogens with zero attached hydrogens (tertiary/aromatic N) is 1. The number of amides is 2. The molecule has 0 heterocycles. The molecule has 0 radical (unpaired) electrons. The van der Waals surface area contributed by atoms with Crippen molar-refractivity contribution >= 4 is 11.8 Å². The summed E-state index contributed by atoms with van der Waals surface area (Å²) in [6.45, 7) is 2.28. The van der Waals surface area contributed by atoms with E-state index in [2.05, 4.69) is 5.32 Å². The van der Waals surface area contributed by atoms with Crippen molar-refractivity contribution in [1.29, 1.82) is 0 Å². The predicted octanol–water partition coefficient (Wildman–Crippen LogP) is 2.38. The molecule has 2 aromatic rings. The molecule has 0 unspecified atom stereocenters. The normalized spacial score (nSPS) is 10.2. The van der Waals surface area contributed by atoms with Crippen LogP contribution in [0.3, 0.4) is 0 Å². The summed E-state index contributed by atoms with van der Waals surface area (Å²) < 4.78 is 23.6. The third-order valence-electron chi connectivity index (χ3n) is 3.86. The Morgan fingerprint density at radius 3 is 2.37 bits per heavy atom. The minimum Gasteiger partial charge on any atom is -0.493 e. The van der Waals surface area contributed by atoms with Gasteiger partial charge in [-0.3, -0.25) is 9.59 Å². The largest absolute Gasteiger partial charge is 0.493 e. The molecule has 1 N–H and O–H groups in total. The van der Waals surface area contributed by atoms with Gasteiger partial charge in [0.25, 0.3) is 5.91 Å². The van der Waals surface area contributed by atoms with Crippen molar-refractivity contribution in [2.24, 2.45) is 0 Å². The van der Waals surface area contributed by atoms with Crippen LogP contribution in [0.2, 0.25) is 0 Å². The van der Waals surface area contributed by atoms with Crippen LogP contribution in [0.4, 0.5) is 4.39 Å². The summed E-state index contributed by atoms with van der Waals surface area (Å²) in [5.74, 6) is 0.282. The van der Waals surface area contributed by atoms with Gasteiger partial charge in [0.2, 0.25) is 5.91 Å². The Bertz CT molecular complexity index is 765. The van der Waals surface area contributed by atoms with Gasteiger partial charge in [-0.1, -0.05) is 24.3 Å².